The SMILES string of the molecule is Cc1cc2c(C(N)=O)nn(CC(=O)N3[C@@H]4C[C@@H]4C[C@H]3C(=O)C[C@H](C)[C@H]3CC3(Cl)Cl)c2c(C)n1. The largest absolute Gasteiger partial charge is 0.364 e. The third-order valence-electron chi connectivity index (χ3n) is 7.40. The van der Waals surface area contributed by atoms with E-state index in [1.807, 2.05) is 20.8 Å². The van der Waals surface area contributed by atoms with Gasteiger partial charge < -0.3 is 10.6 Å². The van der Waals surface area contributed by atoms with Crippen molar-refractivity contribution in [2.75, 3.05) is 0 Å². The fourth-order valence-corrected chi connectivity index (χ4v) is 6.37. The van der Waals surface area contributed by atoms with Crippen molar-refractivity contribution < 1.29 is 14.4 Å². The number of hydrogen-bond donors (Lipinski definition) is 1. The molecule has 33 heavy (non-hydrogen) atoms. The van der Waals surface area contributed by atoms with Gasteiger partial charge in [0, 0.05) is 23.5 Å². The highest BCUT2D eigenvalue weighted by molar-refractivity contribution is 6.50. The summed E-state index contributed by atoms with van der Waals surface area (Å²) >= 11 is 12.4. The number of rotatable bonds is 7. The van der Waals surface area contributed by atoms with Crippen LogP contribution < -0.4 is 5.73 Å². The lowest BCUT2D eigenvalue weighted by Crippen LogP contribution is -2.45. The van der Waals surface area contributed by atoms with Gasteiger partial charge in [-0.25, -0.2) is 0 Å². The Kier molecular flexibility index (Phi) is 5.25. The number of ketones is 1. The number of carbonyl (C=O) groups excluding carboxylic acids is 3. The van der Waals surface area contributed by atoms with Gasteiger partial charge in [0.1, 0.15) is 10.9 Å². The number of nitrogens with zero attached hydrogens (tertiary/aromatic N) is 4. The van der Waals surface area contributed by atoms with Gasteiger partial charge in [0.15, 0.2) is 11.5 Å². The number of fused-ring (bicyclic) bond motifs is 2. The molecule has 0 spiro atoms. The molecule has 3 aliphatic rings. The molecule has 0 unspecified atom stereocenters. The summed E-state index contributed by atoms with van der Waals surface area (Å²) in [5.74, 6) is -0.201. The molecule has 0 aromatic carbocycles. The van der Waals surface area contributed by atoms with Gasteiger partial charge in [0.05, 0.1) is 17.3 Å². The van der Waals surface area contributed by atoms with Crippen molar-refractivity contribution in [1.82, 2.24) is 19.7 Å². The highest BCUT2D eigenvalue weighted by Gasteiger charge is 2.57. The first-order valence-corrected chi connectivity index (χ1v) is 12.1. The Morgan fingerprint density at radius 1 is 1.27 bits per heavy atom. The number of alkyl halides is 2. The van der Waals surface area contributed by atoms with Gasteiger partial charge in [-0.05, 0) is 56.9 Å². The van der Waals surface area contributed by atoms with Gasteiger partial charge in [-0.3, -0.25) is 24.0 Å². The number of primary amides is 1. The second-order valence-corrected chi connectivity index (χ2v) is 11.5. The number of carbonyl (C=O) groups is 3. The van der Waals surface area contributed by atoms with Gasteiger partial charge in [0.2, 0.25) is 5.91 Å². The molecule has 2 aromatic rings. The Bertz CT molecular complexity index is 1190. The Labute approximate surface area is 201 Å². The summed E-state index contributed by atoms with van der Waals surface area (Å²) in [5, 5.41) is 4.93. The minimum Gasteiger partial charge on any atom is -0.364 e. The van der Waals surface area contributed by atoms with Crippen LogP contribution in [-0.4, -0.2) is 53.7 Å². The van der Waals surface area contributed by atoms with Crippen molar-refractivity contribution >= 4 is 51.7 Å². The van der Waals surface area contributed by atoms with E-state index < -0.39 is 16.3 Å². The molecule has 2 N–H and O–H groups in total. The monoisotopic (exact) mass is 491 g/mol. The third kappa shape index (κ3) is 3.91. The molecule has 1 saturated heterocycles. The number of hydrogen-bond acceptors (Lipinski definition) is 5. The molecule has 0 bridgehead atoms. The van der Waals surface area contributed by atoms with Crippen molar-refractivity contribution in [3.05, 3.63) is 23.1 Å². The number of pyridine rings is 1. The highest BCUT2D eigenvalue weighted by Crippen LogP contribution is 2.58. The number of piperidine rings is 1. The zero-order valence-electron chi connectivity index (χ0n) is 18.8. The number of nitrogens with two attached hydrogens (primary N) is 1. The van der Waals surface area contributed by atoms with Gasteiger partial charge >= 0.3 is 0 Å². The first-order chi connectivity index (χ1) is 15.5. The van der Waals surface area contributed by atoms with E-state index in [0.717, 1.165) is 12.1 Å². The maximum atomic E-state index is 13.4. The first-order valence-electron chi connectivity index (χ1n) is 11.3. The Hall–Kier alpha value is -2.19. The highest BCUT2D eigenvalue weighted by atomic mass is 35.5. The van der Waals surface area contributed by atoms with Crippen molar-refractivity contribution in [1.29, 1.82) is 0 Å². The Morgan fingerprint density at radius 3 is 2.61 bits per heavy atom. The van der Waals surface area contributed by atoms with Gasteiger partial charge in [-0.2, -0.15) is 5.10 Å². The van der Waals surface area contributed by atoms with E-state index in [2.05, 4.69) is 10.1 Å². The quantitative estimate of drug-likeness (QED) is 0.598. The number of likely N-dealkylation sites (tertiary alicyclic amines) is 1. The first kappa shape index (κ1) is 22.6. The maximum absolute atomic E-state index is 13.4. The lowest BCUT2D eigenvalue weighted by Gasteiger charge is -2.28. The zero-order valence-corrected chi connectivity index (χ0v) is 20.4. The van der Waals surface area contributed by atoms with Crippen molar-refractivity contribution in [2.24, 2.45) is 23.5 Å². The Morgan fingerprint density at radius 2 is 1.97 bits per heavy atom. The van der Waals surface area contributed by atoms with Crippen LogP contribution in [0.15, 0.2) is 6.07 Å². The minimum absolute atomic E-state index is 0.0655. The summed E-state index contributed by atoms with van der Waals surface area (Å²) in [6.07, 6.45) is 2.68. The molecule has 0 radical (unpaired) electrons. The van der Waals surface area contributed by atoms with Crippen LogP contribution in [0.4, 0.5) is 0 Å². The summed E-state index contributed by atoms with van der Waals surface area (Å²) < 4.78 is 0.773. The molecule has 3 fully saturated rings. The molecule has 176 valence electrons. The summed E-state index contributed by atoms with van der Waals surface area (Å²) in [4.78, 5) is 44.8. The predicted molar refractivity (Wildman–Crippen MR) is 124 cm³/mol. The molecular weight excluding hydrogens is 465 g/mol. The molecule has 10 heteroatoms. The number of halogens is 2. The lowest BCUT2D eigenvalue weighted by molar-refractivity contribution is -0.139. The Balaban J connectivity index is 1.37. The van der Waals surface area contributed by atoms with Crippen LogP contribution >= 0.6 is 23.2 Å². The van der Waals surface area contributed by atoms with E-state index in [1.54, 1.807) is 11.0 Å². The molecule has 2 saturated carbocycles. The second kappa shape index (κ2) is 7.67. The smallest absolute Gasteiger partial charge is 0.269 e. The van der Waals surface area contributed by atoms with Crippen molar-refractivity contribution in [2.45, 2.75) is 69.4 Å². The van der Waals surface area contributed by atoms with E-state index >= 15 is 0 Å². The molecule has 1 aliphatic heterocycles. The summed E-state index contributed by atoms with van der Waals surface area (Å²) in [6, 6.07) is 1.42. The third-order valence-corrected chi connectivity index (χ3v) is 8.27. The predicted octanol–water partition coefficient (Wildman–Crippen LogP) is 2.93. The maximum Gasteiger partial charge on any atom is 0.269 e. The van der Waals surface area contributed by atoms with Crippen LogP contribution in [0.5, 0.6) is 0 Å². The fourth-order valence-electron chi connectivity index (χ4n) is 5.61. The van der Waals surface area contributed by atoms with E-state index in [1.165, 1.54) is 4.68 Å². The van der Waals surface area contributed by atoms with Crippen molar-refractivity contribution in [3.8, 4) is 0 Å². The number of Topliss-reactive ketones (excluding diaryl/α,β-unsaturated/α-hetero) is 1. The van der Waals surface area contributed by atoms with Crippen LogP contribution in [0.25, 0.3) is 10.9 Å². The van der Waals surface area contributed by atoms with Crippen LogP contribution in [0.3, 0.4) is 0 Å². The molecule has 2 amide bonds. The number of aromatic nitrogens is 3. The standard InChI is InChI=1S/C23H27Cl2N5O3/c1-10(15-8-23(15,24)25)4-18(31)17-7-13-6-16(13)30(17)19(32)9-29-21-12(3)27-11(2)5-14(21)20(28-29)22(26)33/h5,10,13,15-17H,4,6-9H2,1-3H3,(H2,26,33)/t10-,13+,15+,16+,17-/m0/s1. The summed E-state index contributed by atoms with van der Waals surface area (Å²) in [7, 11) is 0. The van der Waals surface area contributed by atoms with Crippen LogP contribution in [0.2, 0.25) is 0 Å². The second-order valence-electron chi connectivity index (χ2n) is 9.95. The number of amides is 2. The molecule has 2 aromatic heterocycles. The zero-order chi connectivity index (χ0) is 23.8. The molecule has 2 aliphatic carbocycles. The molecule has 8 nitrogen and oxygen atoms in total. The molecular formula is C23H27Cl2N5O3. The molecule has 5 atom stereocenters. The van der Waals surface area contributed by atoms with Gasteiger partial charge in [-0.1, -0.05) is 6.92 Å². The van der Waals surface area contributed by atoms with Crippen LogP contribution in [0, 0.1) is 31.6 Å². The normalized spacial score (nSPS) is 28.0. The average molecular weight is 492 g/mol. The lowest BCUT2D eigenvalue weighted by atomic mass is 9.94. The van der Waals surface area contributed by atoms with Gasteiger partial charge in [-0.15, -0.1) is 23.2 Å². The van der Waals surface area contributed by atoms with E-state index in [4.69, 9.17) is 28.9 Å². The number of aryl methyl sites for hydroxylation is 2. The molecule has 3 heterocycles. The average Bonchev–Trinajstić information content (AvgIpc) is 3.51. The minimum atomic E-state index is -0.726. The van der Waals surface area contributed by atoms with Crippen LogP contribution in [0.1, 0.15) is 54.5 Å². The van der Waals surface area contributed by atoms with E-state index in [9.17, 15) is 14.4 Å². The fraction of sp³-hybridized carbons (Fsp3) is 0.609. The van der Waals surface area contributed by atoms with E-state index in [0.29, 0.717) is 41.8 Å². The topological polar surface area (TPSA) is 111 Å². The van der Waals surface area contributed by atoms with Crippen molar-refractivity contribution in [3.63, 3.8) is 0 Å². The van der Waals surface area contributed by atoms with E-state index in [-0.39, 0.29) is 41.8 Å². The van der Waals surface area contributed by atoms with Gasteiger partial charge in [0.25, 0.3) is 5.91 Å². The van der Waals surface area contributed by atoms with Crippen LogP contribution in [-0.2, 0) is 16.1 Å². The summed E-state index contributed by atoms with van der Waals surface area (Å²) in [5.41, 5.74) is 7.67. The molecule has 5 rings (SSSR count). The summed E-state index contributed by atoms with van der Waals surface area (Å²) in [6.45, 7) is 5.56.